The molecular formula is C21H17NO2S. The third kappa shape index (κ3) is 2.20. The molecule has 2 fully saturated rings. The molecule has 25 heavy (non-hydrogen) atoms. The molecule has 5 rings (SSSR count). The number of hydrogen-bond donors (Lipinski definition) is 0. The summed E-state index contributed by atoms with van der Waals surface area (Å²) in [5.74, 6) is 0.131. The van der Waals surface area contributed by atoms with Crippen LogP contribution in [0, 0.1) is 23.7 Å². The average molecular weight is 347 g/mol. The Hall–Kier alpha value is -2.33. The molecule has 3 nitrogen and oxygen atoms in total. The number of anilines is 1. The highest BCUT2D eigenvalue weighted by atomic mass is 32.2. The van der Waals surface area contributed by atoms with Gasteiger partial charge in [-0.15, -0.1) is 0 Å². The molecule has 0 N–H and O–H groups in total. The third-order valence-electron chi connectivity index (χ3n) is 5.55. The molecule has 0 spiro atoms. The number of rotatable bonds is 3. The van der Waals surface area contributed by atoms with E-state index in [2.05, 4.69) is 12.2 Å². The largest absolute Gasteiger partial charge is 0.274 e. The van der Waals surface area contributed by atoms with Gasteiger partial charge in [0, 0.05) is 9.79 Å². The fourth-order valence-electron chi connectivity index (χ4n) is 4.48. The second-order valence-corrected chi connectivity index (χ2v) is 8.01. The second-order valence-electron chi connectivity index (χ2n) is 6.89. The number of allylic oxidation sites excluding steroid dienone is 2. The normalized spacial score (nSPS) is 29.5. The summed E-state index contributed by atoms with van der Waals surface area (Å²) >= 11 is 1.59. The minimum Gasteiger partial charge on any atom is -0.274 e. The Morgan fingerprint density at radius 3 is 2.08 bits per heavy atom. The van der Waals surface area contributed by atoms with Crippen molar-refractivity contribution in [1.29, 1.82) is 0 Å². The quantitative estimate of drug-likeness (QED) is 0.618. The molecule has 124 valence electrons. The first kappa shape index (κ1) is 15.0. The summed E-state index contributed by atoms with van der Waals surface area (Å²) in [7, 11) is 0. The summed E-state index contributed by atoms with van der Waals surface area (Å²) in [6, 6.07) is 17.7. The first-order chi connectivity index (χ1) is 12.2. The Morgan fingerprint density at radius 1 is 0.800 bits per heavy atom. The molecule has 0 unspecified atom stereocenters. The Morgan fingerprint density at radius 2 is 1.40 bits per heavy atom. The molecule has 0 aromatic heterocycles. The Bertz CT molecular complexity index is 862. The van der Waals surface area contributed by atoms with Crippen molar-refractivity contribution in [3.63, 3.8) is 0 Å². The van der Waals surface area contributed by atoms with E-state index in [9.17, 15) is 9.59 Å². The van der Waals surface area contributed by atoms with Crippen LogP contribution in [0.25, 0.3) is 0 Å². The van der Waals surface area contributed by atoms with Crippen LogP contribution in [-0.2, 0) is 9.59 Å². The zero-order valence-electron chi connectivity index (χ0n) is 13.5. The topological polar surface area (TPSA) is 37.4 Å². The maximum absolute atomic E-state index is 13.1. The fraction of sp³-hybridized carbons (Fsp3) is 0.238. The zero-order valence-corrected chi connectivity index (χ0v) is 14.4. The minimum atomic E-state index is -0.155. The van der Waals surface area contributed by atoms with Crippen LogP contribution < -0.4 is 4.90 Å². The van der Waals surface area contributed by atoms with Crippen LogP contribution in [0.1, 0.15) is 6.42 Å². The number of carbonyl (C=O) groups excluding carboxylic acids is 2. The lowest BCUT2D eigenvalue weighted by Gasteiger charge is -2.20. The number of benzene rings is 2. The lowest BCUT2D eigenvalue weighted by atomic mass is 9.85. The second kappa shape index (κ2) is 5.60. The van der Waals surface area contributed by atoms with E-state index in [1.165, 1.54) is 4.90 Å². The van der Waals surface area contributed by atoms with Gasteiger partial charge in [-0.2, -0.15) is 0 Å². The highest BCUT2D eigenvalue weighted by Crippen LogP contribution is 2.54. The van der Waals surface area contributed by atoms with Crippen LogP contribution in [0.5, 0.6) is 0 Å². The predicted octanol–water partition coefficient (Wildman–Crippen LogP) is 4.15. The van der Waals surface area contributed by atoms with Crippen molar-refractivity contribution in [2.24, 2.45) is 23.7 Å². The first-order valence-electron chi connectivity index (χ1n) is 8.62. The van der Waals surface area contributed by atoms with Crippen LogP contribution in [0.4, 0.5) is 5.69 Å². The third-order valence-corrected chi connectivity index (χ3v) is 6.62. The number of fused-ring (bicyclic) bond motifs is 5. The van der Waals surface area contributed by atoms with Gasteiger partial charge in [0.05, 0.1) is 17.5 Å². The van der Waals surface area contributed by atoms with Gasteiger partial charge in [0.2, 0.25) is 11.8 Å². The van der Waals surface area contributed by atoms with E-state index in [0.717, 1.165) is 21.9 Å². The van der Waals surface area contributed by atoms with Gasteiger partial charge in [0.1, 0.15) is 0 Å². The highest BCUT2D eigenvalue weighted by molar-refractivity contribution is 7.99. The molecule has 4 heteroatoms. The molecule has 2 bridgehead atoms. The van der Waals surface area contributed by atoms with Gasteiger partial charge in [0.25, 0.3) is 0 Å². The van der Waals surface area contributed by atoms with Crippen molar-refractivity contribution >= 4 is 29.3 Å². The summed E-state index contributed by atoms with van der Waals surface area (Å²) in [6.45, 7) is 0. The molecule has 0 radical (unpaired) electrons. The maximum atomic E-state index is 13.1. The van der Waals surface area contributed by atoms with Crippen LogP contribution >= 0.6 is 11.8 Å². The van der Waals surface area contributed by atoms with Gasteiger partial charge < -0.3 is 0 Å². The molecule has 1 aliphatic heterocycles. The number of carbonyl (C=O) groups is 2. The molecule has 1 saturated carbocycles. The minimum absolute atomic E-state index is 0.0204. The average Bonchev–Trinajstić information content (AvgIpc) is 3.31. The van der Waals surface area contributed by atoms with Crippen LogP contribution in [-0.4, -0.2) is 11.8 Å². The summed E-state index contributed by atoms with van der Waals surface area (Å²) in [4.78, 5) is 29.6. The lowest BCUT2D eigenvalue weighted by molar-refractivity contribution is -0.123. The molecule has 2 aliphatic carbocycles. The van der Waals surface area contributed by atoms with E-state index in [1.807, 2.05) is 54.6 Å². The van der Waals surface area contributed by atoms with Gasteiger partial charge in [-0.1, -0.05) is 54.2 Å². The fourth-order valence-corrected chi connectivity index (χ4v) is 5.44. The van der Waals surface area contributed by atoms with Gasteiger partial charge >= 0.3 is 0 Å². The SMILES string of the molecule is O=C1[C@H]2[C@H](C(=O)N1c1ccccc1Sc1ccccc1)[C@H]1C=C[C@H]2C1. The first-order valence-corrected chi connectivity index (χ1v) is 9.44. The van der Waals surface area contributed by atoms with Crippen LogP contribution in [0.15, 0.2) is 76.5 Å². The van der Waals surface area contributed by atoms with E-state index in [0.29, 0.717) is 0 Å². The van der Waals surface area contributed by atoms with E-state index in [4.69, 9.17) is 0 Å². The molecular weight excluding hydrogens is 330 g/mol. The van der Waals surface area contributed by atoms with Gasteiger partial charge in [0.15, 0.2) is 0 Å². The Balaban J connectivity index is 1.52. The summed E-state index contributed by atoms with van der Waals surface area (Å²) in [5, 5.41) is 0. The molecule has 2 amide bonds. The van der Waals surface area contributed by atoms with Crippen molar-refractivity contribution in [3.8, 4) is 0 Å². The van der Waals surface area contributed by atoms with E-state index in [-0.39, 0.29) is 35.5 Å². The number of imide groups is 1. The number of para-hydroxylation sites is 1. The lowest BCUT2D eigenvalue weighted by Crippen LogP contribution is -2.33. The maximum Gasteiger partial charge on any atom is 0.238 e. The van der Waals surface area contributed by atoms with Gasteiger partial charge in [-0.3, -0.25) is 9.59 Å². The van der Waals surface area contributed by atoms with E-state index < -0.39 is 0 Å². The van der Waals surface area contributed by atoms with E-state index >= 15 is 0 Å². The summed E-state index contributed by atoms with van der Waals surface area (Å²) in [6.07, 6.45) is 5.22. The zero-order chi connectivity index (χ0) is 17.0. The standard InChI is InChI=1S/C21H17NO2S/c23-20-18-13-10-11-14(12-13)19(18)21(24)22(20)16-8-4-5-9-17(16)25-15-6-2-1-3-7-15/h1-11,13-14,18-19H,12H2/t13-,14-,18+,19+/m0/s1. The number of hydrogen-bond acceptors (Lipinski definition) is 3. The molecule has 2 aromatic rings. The molecule has 1 saturated heterocycles. The Kier molecular flexibility index (Phi) is 3.35. The Labute approximate surface area is 150 Å². The van der Waals surface area contributed by atoms with Crippen molar-refractivity contribution in [1.82, 2.24) is 0 Å². The molecule has 4 atom stereocenters. The predicted molar refractivity (Wildman–Crippen MR) is 97.2 cm³/mol. The van der Waals surface area contributed by atoms with Crippen molar-refractivity contribution < 1.29 is 9.59 Å². The smallest absolute Gasteiger partial charge is 0.238 e. The van der Waals surface area contributed by atoms with Gasteiger partial charge in [-0.05, 0) is 42.5 Å². The summed E-state index contributed by atoms with van der Waals surface area (Å²) < 4.78 is 0. The summed E-state index contributed by atoms with van der Waals surface area (Å²) in [5.41, 5.74) is 0.722. The monoisotopic (exact) mass is 347 g/mol. The molecule has 2 aromatic carbocycles. The van der Waals surface area contributed by atoms with Crippen LogP contribution in [0.2, 0.25) is 0 Å². The number of nitrogens with zero attached hydrogens (tertiary/aromatic N) is 1. The van der Waals surface area contributed by atoms with Crippen molar-refractivity contribution in [2.75, 3.05) is 4.90 Å². The molecule has 3 aliphatic rings. The van der Waals surface area contributed by atoms with Crippen LogP contribution in [0.3, 0.4) is 0 Å². The number of amides is 2. The highest BCUT2D eigenvalue weighted by Gasteiger charge is 2.59. The molecule has 1 heterocycles. The van der Waals surface area contributed by atoms with Crippen molar-refractivity contribution in [3.05, 3.63) is 66.7 Å². The van der Waals surface area contributed by atoms with Crippen molar-refractivity contribution in [2.45, 2.75) is 16.2 Å². The van der Waals surface area contributed by atoms with Gasteiger partial charge in [-0.25, -0.2) is 4.90 Å². The van der Waals surface area contributed by atoms with E-state index in [1.54, 1.807) is 11.8 Å².